The summed E-state index contributed by atoms with van der Waals surface area (Å²) in [6.07, 6.45) is 5.81. The summed E-state index contributed by atoms with van der Waals surface area (Å²) in [5.74, 6) is -0.952. The van der Waals surface area contributed by atoms with Crippen LogP contribution in [0.1, 0.15) is 70.4 Å². The van der Waals surface area contributed by atoms with Gasteiger partial charge in [-0.1, -0.05) is 40.2 Å². The first-order valence-electron chi connectivity index (χ1n) is 9.13. The molecule has 4 nitrogen and oxygen atoms in total. The van der Waals surface area contributed by atoms with E-state index in [4.69, 9.17) is 0 Å². The second-order valence-corrected chi connectivity index (χ2v) is 8.19. The molecule has 0 unspecified atom stereocenters. The van der Waals surface area contributed by atoms with Crippen molar-refractivity contribution in [2.24, 2.45) is 11.3 Å². The van der Waals surface area contributed by atoms with Crippen LogP contribution < -0.4 is 0 Å². The Morgan fingerprint density at radius 1 is 1.20 bits per heavy atom. The number of hydrogen-bond acceptors (Lipinski definition) is 3. The van der Waals surface area contributed by atoms with E-state index < -0.39 is 5.97 Å². The Balaban J connectivity index is 2.50. The number of phenolic OH excluding ortho intramolecular Hbond substituents is 2. The molecule has 1 aromatic carbocycles. The second kappa shape index (κ2) is 7.51. The van der Waals surface area contributed by atoms with E-state index in [1.807, 2.05) is 0 Å². The molecule has 25 heavy (non-hydrogen) atoms. The van der Waals surface area contributed by atoms with Gasteiger partial charge in [0.1, 0.15) is 11.5 Å². The summed E-state index contributed by atoms with van der Waals surface area (Å²) < 4.78 is 0. The summed E-state index contributed by atoms with van der Waals surface area (Å²) in [7, 11) is 0. The van der Waals surface area contributed by atoms with Crippen molar-refractivity contribution in [1.82, 2.24) is 0 Å². The third-order valence-corrected chi connectivity index (χ3v) is 5.27. The lowest BCUT2D eigenvalue weighted by Gasteiger charge is -2.39. The van der Waals surface area contributed by atoms with E-state index in [-0.39, 0.29) is 28.7 Å². The third-order valence-electron chi connectivity index (χ3n) is 5.27. The van der Waals surface area contributed by atoms with Crippen LogP contribution in [0.25, 0.3) is 0 Å². The summed E-state index contributed by atoms with van der Waals surface area (Å²) in [6, 6.07) is 3.43. The molecule has 0 bridgehead atoms. The fraction of sp³-hybridized carbons (Fsp3) is 0.571. The quantitative estimate of drug-likeness (QED) is 0.702. The highest BCUT2D eigenvalue weighted by molar-refractivity contribution is 5.87. The standard InChI is InChI=1S/C21H30O4/c1-5-6-7-13-10-17(22)19(18(23)11-13)15-12-14(20(24)25)8-9-16(15)21(2,3)4/h10-12,15-16,22-23H,5-9H2,1-4H3,(H,24,25)/t15-,16-/m1/s1. The van der Waals surface area contributed by atoms with Crippen LogP contribution in [0.4, 0.5) is 0 Å². The van der Waals surface area contributed by atoms with Gasteiger partial charge in [-0.2, -0.15) is 0 Å². The zero-order valence-electron chi connectivity index (χ0n) is 15.7. The maximum Gasteiger partial charge on any atom is 0.331 e. The summed E-state index contributed by atoms with van der Waals surface area (Å²) >= 11 is 0. The normalized spacial score (nSPS) is 21.0. The minimum absolute atomic E-state index is 0.0632. The number of rotatable bonds is 5. The first-order chi connectivity index (χ1) is 11.6. The van der Waals surface area contributed by atoms with E-state index in [0.29, 0.717) is 17.6 Å². The molecular weight excluding hydrogens is 316 g/mol. The van der Waals surface area contributed by atoms with E-state index in [2.05, 4.69) is 27.7 Å². The zero-order chi connectivity index (χ0) is 18.8. The molecule has 3 N–H and O–H groups in total. The lowest BCUT2D eigenvalue weighted by Crippen LogP contribution is -2.30. The minimum Gasteiger partial charge on any atom is -0.507 e. The van der Waals surface area contributed by atoms with Crippen LogP contribution in [0.5, 0.6) is 11.5 Å². The highest BCUT2D eigenvalue weighted by atomic mass is 16.4. The zero-order valence-corrected chi connectivity index (χ0v) is 15.7. The van der Waals surface area contributed by atoms with Gasteiger partial charge < -0.3 is 15.3 Å². The van der Waals surface area contributed by atoms with Crippen LogP contribution >= 0.6 is 0 Å². The molecule has 0 spiro atoms. The molecule has 1 aliphatic carbocycles. The molecule has 1 aromatic rings. The molecule has 0 radical (unpaired) electrons. The van der Waals surface area contributed by atoms with Crippen molar-refractivity contribution in [2.45, 2.75) is 65.7 Å². The summed E-state index contributed by atoms with van der Waals surface area (Å²) in [5, 5.41) is 30.6. The fourth-order valence-corrected chi connectivity index (χ4v) is 3.89. The molecule has 0 saturated heterocycles. The lowest BCUT2D eigenvalue weighted by molar-refractivity contribution is -0.133. The van der Waals surface area contributed by atoms with Crippen molar-refractivity contribution in [3.8, 4) is 11.5 Å². The van der Waals surface area contributed by atoms with Gasteiger partial charge in [0.15, 0.2) is 0 Å². The maximum absolute atomic E-state index is 11.4. The number of unbranched alkanes of at least 4 members (excludes halogenated alkanes) is 1. The molecule has 0 heterocycles. The predicted molar refractivity (Wildman–Crippen MR) is 99.0 cm³/mol. The average Bonchev–Trinajstić information content (AvgIpc) is 2.51. The summed E-state index contributed by atoms with van der Waals surface area (Å²) in [4.78, 5) is 11.4. The third kappa shape index (κ3) is 4.36. The highest BCUT2D eigenvalue weighted by Crippen LogP contribution is 2.50. The molecule has 0 amide bonds. The molecule has 1 aliphatic rings. The van der Waals surface area contributed by atoms with Crippen LogP contribution in [-0.4, -0.2) is 21.3 Å². The van der Waals surface area contributed by atoms with E-state index in [1.54, 1.807) is 18.2 Å². The highest BCUT2D eigenvalue weighted by Gasteiger charge is 2.38. The summed E-state index contributed by atoms with van der Waals surface area (Å²) in [5.41, 5.74) is 1.66. The van der Waals surface area contributed by atoms with E-state index >= 15 is 0 Å². The van der Waals surface area contributed by atoms with Crippen molar-refractivity contribution < 1.29 is 20.1 Å². The van der Waals surface area contributed by atoms with E-state index in [0.717, 1.165) is 31.2 Å². The number of allylic oxidation sites excluding steroid dienone is 1. The number of aromatic hydroxyl groups is 2. The molecule has 2 rings (SSSR count). The van der Waals surface area contributed by atoms with Gasteiger partial charge in [-0.15, -0.1) is 0 Å². The first-order valence-corrected chi connectivity index (χ1v) is 9.13. The summed E-state index contributed by atoms with van der Waals surface area (Å²) in [6.45, 7) is 8.46. The van der Waals surface area contributed by atoms with Crippen LogP contribution in [0.15, 0.2) is 23.8 Å². The average molecular weight is 346 g/mol. The number of benzene rings is 1. The molecule has 4 heteroatoms. The van der Waals surface area contributed by atoms with Gasteiger partial charge in [0.25, 0.3) is 0 Å². The Morgan fingerprint density at radius 3 is 2.28 bits per heavy atom. The molecular formula is C21H30O4. The van der Waals surface area contributed by atoms with Crippen molar-refractivity contribution in [1.29, 1.82) is 0 Å². The molecule has 0 saturated carbocycles. The Labute approximate surface area is 150 Å². The van der Waals surface area contributed by atoms with Gasteiger partial charge in [-0.3, -0.25) is 0 Å². The number of aryl methyl sites for hydroxylation is 1. The number of carbonyl (C=O) groups is 1. The SMILES string of the molecule is CCCCc1cc(O)c([C@@H]2C=C(C(=O)O)CC[C@H]2C(C)(C)C)c(O)c1. The van der Waals surface area contributed by atoms with Crippen molar-refractivity contribution in [2.75, 3.05) is 0 Å². The molecule has 0 fully saturated rings. The largest absolute Gasteiger partial charge is 0.507 e. The maximum atomic E-state index is 11.4. The van der Waals surface area contributed by atoms with Crippen molar-refractivity contribution >= 4 is 5.97 Å². The minimum atomic E-state index is -0.920. The smallest absolute Gasteiger partial charge is 0.331 e. The second-order valence-electron chi connectivity index (χ2n) is 8.19. The number of carboxylic acids is 1. The van der Waals surface area contributed by atoms with Crippen LogP contribution in [0, 0.1) is 11.3 Å². The van der Waals surface area contributed by atoms with Crippen molar-refractivity contribution in [3.63, 3.8) is 0 Å². The molecule has 0 aliphatic heterocycles. The van der Waals surface area contributed by atoms with Gasteiger partial charge in [0, 0.05) is 17.1 Å². The van der Waals surface area contributed by atoms with Crippen LogP contribution in [0.2, 0.25) is 0 Å². The van der Waals surface area contributed by atoms with Crippen molar-refractivity contribution in [3.05, 3.63) is 34.9 Å². The Hall–Kier alpha value is -1.97. The van der Waals surface area contributed by atoms with Gasteiger partial charge in [0.2, 0.25) is 0 Å². The molecule has 2 atom stereocenters. The number of aliphatic carboxylic acids is 1. The van der Waals surface area contributed by atoms with Gasteiger partial charge >= 0.3 is 5.97 Å². The lowest BCUT2D eigenvalue weighted by atomic mass is 9.65. The molecule has 0 aromatic heterocycles. The number of hydrogen-bond donors (Lipinski definition) is 3. The Kier molecular flexibility index (Phi) is 5.81. The monoisotopic (exact) mass is 346 g/mol. The van der Waals surface area contributed by atoms with Crippen LogP contribution in [0.3, 0.4) is 0 Å². The number of carboxylic acid groups (broad SMARTS) is 1. The Morgan fingerprint density at radius 2 is 1.80 bits per heavy atom. The van der Waals surface area contributed by atoms with Gasteiger partial charge in [0.05, 0.1) is 0 Å². The topological polar surface area (TPSA) is 77.8 Å². The first kappa shape index (κ1) is 19.4. The van der Waals surface area contributed by atoms with Gasteiger partial charge in [-0.05, 0) is 54.7 Å². The number of phenols is 2. The predicted octanol–water partition coefficient (Wildman–Crippen LogP) is 4.99. The van der Waals surface area contributed by atoms with E-state index in [9.17, 15) is 20.1 Å². The van der Waals surface area contributed by atoms with Crippen LogP contribution in [-0.2, 0) is 11.2 Å². The Bertz CT molecular complexity index is 644. The van der Waals surface area contributed by atoms with Gasteiger partial charge in [-0.25, -0.2) is 4.79 Å². The fourth-order valence-electron chi connectivity index (χ4n) is 3.89. The van der Waals surface area contributed by atoms with E-state index in [1.165, 1.54) is 0 Å². The molecule has 138 valence electrons.